The van der Waals surface area contributed by atoms with Crippen molar-refractivity contribution in [1.29, 1.82) is 0 Å². The zero-order valence-corrected chi connectivity index (χ0v) is 9.49. The molecule has 0 radical (unpaired) electrons. The summed E-state index contributed by atoms with van der Waals surface area (Å²) < 4.78 is 1.10. The van der Waals surface area contributed by atoms with Crippen LogP contribution in [0, 0.1) is 0 Å². The number of benzene rings is 1. The van der Waals surface area contributed by atoms with Gasteiger partial charge in [-0.05, 0) is 36.3 Å². The molecule has 0 heterocycles. The highest BCUT2D eigenvalue weighted by molar-refractivity contribution is 9.10. The third kappa shape index (κ3) is 4.24. The highest BCUT2D eigenvalue weighted by Gasteiger charge is 1.92. The Kier molecular flexibility index (Phi) is 4.18. The summed E-state index contributed by atoms with van der Waals surface area (Å²) in [5, 5.41) is 3.26. The maximum absolute atomic E-state index is 5.29. The topological polar surface area (TPSA) is 38.0 Å². The normalized spacial score (nSPS) is 9.62. The minimum Gasteiger partial charge on any atom is -0.376 e. The van der Waals surface area contributed by atoms with Gasteiger partial charge < -0.3 is 11.1 Å². The molecule has 2 nitrogen and oxygen atoms in total. The first-order chi connectivity index (χ1) is 6.18. The molecule has 0 amide bonds. The second-order valence-electron chi connectivity index (χ2n) is 2.67. The molecule has 3 N–H and O–H groups in total. The van der Waals surface area contributed by atoms with Crippen molar-refractivity contribution < 1.29 is 0 Å². The molecule has 0 spiro atoms. The Bertz CT molecular complexity index is 284. The van der Waals surface area contributed by atoms with Crippen molar-refractivity contribution in [2.45, 2.75) is 6.42 Å². The van der Waals surface area contributed by atoms with Crippen LogP contribution in [0.1, 0.15) is 5.56 Å². The van der Waals surface area contributed by atoms with Gasteiger partial charge in [0.05, 0.1) is 0 Å². The van der Waals surface area contributed by atoms with Gasteiger partial charge in [0.2, 0.25) is 0 Å². The lowest BCUT2D eigenvalue weighted by Crippen LogP contribution is -2.30. The molecule has 4 heteroatoms. The molecular formula is C9H11BrN2S. The maximum atomic E-state index is 5.29. The molecule has 1 aromatic carbocycles. The van der Waals surface area contributed by atoms with Crippen LogP contribution in [0.2, 0.25) is 0 Å². The van der Waals surface area contributed by atoms with E-state index in [0.717, 1.165) is 17.4 Å². The Morgan fingerprint density at radius 3 is 2.54 bits per heavy atom. The lowest BCUT2D eigenvalue weighted by molar-refractivity contribution is 0.869. The third-order valence-corrected chi connectivity index (χ3v) is 2.30. The minimum absolute atomic E-state index is 0.358. The Morgan fingerprint density at radius 2 is 2.00 bits per heavy atom. The van der Waals surface area contributed by atoms with Crippen molar-refractivity contribution in [1.82, 2.24) is 5.32 Å². The van der Waals surface area contributed by atoms with E-state index in [1.807, 2.05) is 12.1 Å². The fourth-order valence-corrected chi connectivity index (χ4v) is 1.35. The summed E-state index contributed by atoms with van der Waals surface area (Å²) >= 11 is 8.07. The van der Waals surface area contributed by atoms with Crippen molar-refractivity contribution in [3.8, 4) is 0 Å². The van der Waals surface area contributed by atoms with Crippen molar-refractivity contribution in [3.05, 3.63) is 34.3 Å². The molecule has 1 aromatic rings. The molecule has 0 aromatic heterocycles. The largest absolute Gasteiger partial charge is 0.376 e. The van der Waals surface area contributed by atoms with Crippen molar-refractivity contribution >= 4 is 33.3 Å². The van der Waals surface area contributed by atoms with Gasteiger partial charge >= 0.3 is 0 Å². The molecule has 0 bridgehead atoms. The number of rotatable bonds is 3. The van der Waals surface area contributed by atoms with Crippen molar-refractivity contribution in [3.63, 3.8) is 0 Å². The van der Waals surface area contributed by atoms with E-state index < -0.39 is 0 Å². The average molecular weight is 259 g/mol. The Labute approximate surface area is 91.6 Å². The molecule has 0 atom stereocenters. The van der Waals surface area contributed by atoms with E-state index in [1.165, 1.54) is 5.56 Å². The van der Waals surface area contributed by atoms with E-state index in [-0.39, 0.29) is 0 Å². The molecule has 0 saturated heterocycles. The summed E-state index contributed by atoms with van der Waals surface area (Å²) in [4.78, 5) is 0. The van der Waals surface area contributed by atoms with E-state index >= 15 is 0 Å². The maximum Gasteiger partial charge on any atom is 0.163 e. The van der Waals surface area contributed by atoms with E-state index in [1.54, 1.807) is 0 Å². The van der Waals surface area contributed by atoms with Crippen molar-refractivity contribution in [2.75, 3.05) is 6.54 Å². The fourth-order valence-electron chi connectivity index (χ4n) is 0.981. The first-order valence-electron chi connectivity index (χ1n) is 3.96. The van der Waals surface area contributed by atoms with Gasteiger partial charge in [-0.1, -0.05) is 28.1 Å². The van der Waals surface area contributed by atoms with Crippen LogP contribution in [0.3, 0.4) is 0 Å². The van der Waals surface area contributed by atoms with Gasteiger partial charge in [-0.15, -0.1) is 0 Å². The highest BCUT2D eigenvalue weighted by Crippen LogP contribution is 2.10. The summed E-state index contributed by atoms with van der Waals surface area (Å²) in [7, 11) is 0. The van der Waals surface area contributed by atoms with Crippen LogP contribution in [-0.2, 0) is 6.42 Å². The summed E-state index contributed by atoms with van der Waals surface area (Å²) in [5.41, 5.74) is 6.56. The molecule has 0 aliphatic carbocycles. The van der Waals surface area contributed by atoms with E-state index in [2.05, 4.69) is 33.4 Å². The van der Waals surface area contributed by atoms with Gasteiger partial charge in [0.1, 0.15) is 0 Å². The number of nitrogens with one attached hydrogen (secondary N) is 1. The van der Waals surface area contributed by atoms with Crippen LogP contribution < -0.4 is 11.1 Å². The average Bonchev–Trinajstić information content (AvgIpc) is 2.08. The SMILES string of the molecule is NC(=S)NCCc1ccc(Br)cc1. The molecule has 0 aliphatic rings. The molecule has 0 saturated carbocycles. The molecule has 70 valence electrons. The summed E-state index contributed by atoms with van der Waals surface area (Å²) in [6.07, 6.45) is 0.935. The summed E-state index contributed by atoms with van der Waals surface area (Å²) in [5.74, 6) is 0. The van der Waals surface area contributed by atoms with Crippen LogP contribution in [0.15, 0.2) is 28.7 Å². The van der Waals surface area contributed by atoms with E-state index in [9.17, 15) is 0 Å². The lowest BCUT2D eigenvalue weighted by atomic mass is 10.1. The minimum atomic E-state index is 0.358. The number of halogens is 1. The zero-order valence-electron chi connectivity index (χ0n) is 7.09. The van der Waals surface area contributed by atoms with Crippen LogP contribution in [0.4, 0.5) is 0 Å². The van der Waals surface area contributed by atoms with E-state index in [4.69, 9.17) is 18.0 Å². The van der Waals surface area contributed by atoms with Gasteiger partial charge in [0, 0.05) is 11.0 Å². The monoisotopic (exact) mass is 258 g/mol. The Balaban J connectivity index is 2.37. The summed E-state index contributed by atoms with van der Waals surface area (Å²) in [6, 6.07) is 8.20. The second-order valence-corrected chi connectivity index (χ2v) is 4.02. The van der Waals surface area contributed by atoms with Crippen LogP contribution in [0.25, 0.3) is 0 Å². The number of hydrogen-bond donors (Lipinski definition) is 2. The molecule has 0 aliphatic heterocycles. The first-order valence-corrected chi connectivity index (χ1v) is 5.16. The fraction of sp³-hybridized carbons (Fsp3) is 0.222. The Morgan fingerprint density at radius 1 is 1.38 bits per heavy atom. The number of thiocarbonyl (C=S) groups is 1. The quantitative estimate of drug-likeness (QED) is 0.813. The first kappa shape index (κ1) is 10.5. The number of hydrogen-bond acceptors (Lipinski definition) is 1. The van der Waals surface area contributed by atoms with Gasteiger partial charge in [0.15, 0.2) is 5.11 Å². The summed E-state index contributed by atoms with van der Waals surface area (Å²) in [6.45, 7) is 0.789. The van der Waals surface area contributed by atoms with Crippen LogP contribution in [0.5, 0.6) is 0 Å². The highest BCUT2D eigenvalue weighted by atomic mass is 79.9. The predicted molar refractivity (Wildman–Crippen MR) is 62.6 cm³/mol. The van der Waals surface area contributed by atoms with Gasteiger partial charge in [0.25, 0.3) is 0 Å². The molecule has 1 rings (SSSR count). The molecule has 0 unspecified atom stereocenters. The third-order valence-electron chi connectivity index (χ3n) is 1.63. The predicted octanol–water partition coefficient (Wildman–Crippen LogP) is 1.82. The standard InChI is InChI=1S/C9H11BrN2S/c10-8-3-1-7(2-4-8)5-6-12-9(11)13/h1-4H,5-6H2,(H3,11,12,13). The Hall–Kier alpha value is -0.610. The molecular weight excluding hydrogens is 248 g/mol. The molecule has 13 heavy (non-hydrogen) atoms. The van der Waals surface area contributed by atoms with Gasteiger partial charge in [-0.3, -0.25) is 0 Å². The van der Waals surface area contributed by atoms with Crippen molar-refractivity contribution in [2.24, 2.45) is 5.73 Å². The zero-order chi connectivity index (χ0) is 9.68. The lowest BCUT2D eigenvalue weighted by Gasteiger charge is -2.03. The second kappa shape index (κ2) is 5.19. The van der Waals surface area contributed by atoms with Gasteiger partial charge in [-0.2, -0.15) is 0 Å². The van der Waals surface area contributed by atoms with Gasteiger partial charge in [-0.25, -0.2) is 0 Å². The van der Waals surface area contributed by atoms with E-state index in [0.29, 0.717) is 5.11 Å². The smallest absolute Gasteiger partial charge is 0.163 e. The molecule has 0 fully saturated rings. The van der Waals surface area contributed by atoms with Crippen LogP contribution in [-0.4, -0.2) is 11.7 Å². The van der Waals surface area contributed by atoms with Crippen LogP contribution >= 0.6 is 28.1 Å². The number of nitrogens with two attached hydrogens (primary N) is 1.